The van der Waals surface area contributed by atoms with Crippen LogP contribution in [0, 0.1) is 5.92 Å². The highest BCUT2D eigenvalue weighted by atomic mass is 31.2. The van der Waals surface area contributed by atoms with Crippen molar-refractivity contribution in [1.29, 1.82) is 0 Å². The highest BCUT2D eigenvalue weighted by molar-refractivity contribution is 7.81. The molecule has 2 aliphatic carbocycles. The molecule has 0 N–H and O–H groups in total. The lowest BCUT2D eigenvalue weighted by Crippen LogP contribution is -2.27. The molecule has 1 aromatic carbocycles. The molecule has 1 nitrogen and oxygen atoms in total. The predicted octanol–water partition coefficient (Wildman–Crippen LogP) is 5.82. The molecule has 4 atom stereocenters. The van der Waals surface area contributed by atoms with Gasteiger partial charge in [0.1, 0.15) is 7.14 Å². The first kappa shape index (κ1) is 17.4. The second-order valence-corrected chi connectivity index (χ2v) is 10.7. The average Bonchev–Trinajstić information content (AvgIpc) is 2.87. The van der Waals surface area contributed by atoms with Crippen molar-refractivity contribution in [2.24, 2.45) is 5.92 Å². The molecule has 1 spiro atoms. The van der Waals surface area contributed by atoms with Gasteiger partial charge in [-0.05, 0) is 49.8 Å². The van der Waals surface area contributed by atoms with E-state index >= 15 is 0 Å². The van der Waals surface area contributed by atoms with Crippen molar-refractivity contribution in [2.75, 3.05) is 0 Å². The average molecular weight is 382 g/mol. The van der Waals surface area contributed by atoms with Crippen molar-refractivity contribution in [3.8, 4) is 0 Å². The highest BCUT2D eigenvalue weighted by Crippen LogP contribution is 2.90. The Morgan fingerprint density at radius 3 is 2.04 bits per heavy atom. The Morgan fingerprint density at radius 1 is 0.880 bits per heavy atom. The lowest BCUT2D eigenvalue weighted by atomic mass is 9.82. The summed E-state index contributed by atoms with van der Waals surface area (Å²) < 4.78 is 92.3. The first-order valence-corrected chi connectivity index (χ1v) is 10.2. The third kappa shape index (κ3) is 2.27. The Kier molecular flexibility index (Phi) is 3.53. The molecule has 0 aromatic heterocycles. The van der Waals surface area contributed by atoms with Gasteiger partial charge in [-0.25, -0.2) is 0 Å². The minimum Gasteiger partial charge on any atom is -0.318 e. The van der Waals surface area contributed by atoms with E-state index in [1.54, 1.807) is 0 Å². The molecule has 1 heterocycles. The van der Waals surface area contributed by atoms with Crippen molar-refractivity contribution in [3.05, 3.63) is 29.3 Å². The molecule has 8 heteroatoms. The van der Waals surface area contributed by atoms with Gasteiger partial charge in [-0.15, -0.1) is 0 Å². The van der Waals surface area contributed by atoms with E-state index < -0.39 is 35.8 Å². The number of hydrogen-bond donors (Lipinski definition) is 0. The zero-order valence-electron chi connectivity index (χ0n) is 13.3. The molecule has 0 bridgehead atoms. The summed E-state index contributed by atoms with van der Waals surface area (Å²) in [7, 11) is -3.23. The number of hydrogen-bond acceptors (Lipinski definition) is 1. The Labute approximate surface area is 141 Å². The summed E-state index contributed by atoms with van der Waals surface area (Å²) in [6, 6.07) is 1.52. The van der Waals surface area contributed by atoms with E-state index in [-0.39, 0.29) is 22.9 Å². The van der Waals surface area contributed by atoms with Crippen LogP contribution < -0.4 is 5.30 Å². The van der Waals surface area contributed by atoms with Gasteiger partial charge in [0.2, 0.25) is 0 Å². The number of benzene rings is 1. The molecule has 0 amide bonds. The lowest BCUT2D eigenvalue weighted by Gasteiger charge is -2.30. The van der Waals surface area contributed by atoms with Gasteiger partial charge < -0.3 is 4.57 Å². The SMILES string of the molecule is O=P1(c2cc(C(F)(F)F)cc(C(F)(F)F)c2)C2CCC3CCCCC321. The molecule has 25 heavy (non-hydrogen) atoms. The lowest BCUT2D eigenvalue weighted by molar-refractivity contribution is -0.142. The fourth-order valence-corrected chi connectivity index (χ4v) is 10.6. The maximum atomic E-state index is 13.7. The molecule has 2 saturated carbocycles. The fourth-order valence-electron chi connectivity index (χ4n) is 5.40. The molecular formula is C17H17F6OP. The van der Waals surface area contributed by atoms with Crippen molar-refractivity contribution in [2.45, 2.75) is 61.7 Å². The normalized spacial score (nSPS) is 37.5. The molecule has 4 unspecified atom stereocenters. The second-order valence-electron chi connectivity index (χ2n) is 7.45. The van der Waals surface area contributed by atoms with E-state index in [2.05, 4.69) is 0 Å². The maximum Gasteiger partial charge on any atom is 0.416 e. The van der Waals surface area contributed by atoms with Crippen LogP contribution in [0.4, 0.5) is 26.3 Å². The highest BCUT2D eigenvalue weighted by Gasteiger charge is 2.79. The summed E-state index contributed by atoms with van der Waals surface area (Å²) in [5.74, 6) is 0.181. The summed E-state index contributed by atoms with van der Waals surface area (Å²) in [6.45, 7) is 0. The van der Waals surface area contributed by atoms with Gasteiger partial charge in [0.25, 0.3) is 0 Å². The van der Waals surface area contributed by atoms with Crippen LogP contribution in [0.15, 0.2) is 18.2 Å². The number of alkyl halides is 6. The predicted molar refractivity (Wildman–Crippen MR) is 81.4 cm³/mol. The molecule has 1 aromatic rings. The van der Waals surface area contributed by atoms with Gasteiger partial charge in [0.15, 0.2) is 0 Å². The van der Waals surface area contributed by atoms with Crippen molar-refractivity contribution >= 4 is 12.4 Å². The zero-order valence-corrected chi connectivity index (χ0v) is 14.1. The van der Waals surface area contributed by atoms with Crippen LogP contribution in [0.25, 0.3) is 0 Å². The van der Waals surface area contributed by atoms with E-state index in [4.69, 9.17) is 0 Å². The van der Waals surface area contributed by atoms with E-state index in [9.17, 15) is 30.9 Å². The minimum absolute atomic E-state index is 0.116. The molecule has 4 rings (SSSR count). The smallest absolute Gasteiger partial charge is 0.318 e. The summed E-state index contributed by atoms with van der Waals surface area (Å²) >= 11 is 0. The number of halogens is 6. The van der Waals surface area contributed by atoms with E-state index in [0.717, 1.165) is 25.7 Å². The molecule has 3 aliphatic rings. The minimum atomic E-state index is -4.90. The second kappa shape index (κ2) is 5.05. The fraction of sp³-hybridized carbons (Fsp3) is 0.647. The van der Waals surface area contributed by atoms with E-state index in [1.165, 1.54) is 0 Å². The summed E-state index contributed by atoms with van der Waals surface area (Å²) in [4.78, 5) is 0. The molecule has 1 aliphatic heterocycles. The van der Waals surface area contributed by atoms with Crippen molar-refractivity contribution < 1.29 is 30.9 Å². The Morgan fingerprint density at radius 2 is 1.48 bits per heavy atom. The van der Waals surface area contributed by atoms with Crippen LogP contribution in [0.3, 0.4) is 0 Å². The largest absolute Gasteiger partial charge is 0.416 e. The van der Waals surface area contributed by atoms with Gasteiger partial charge in [-0.3, -0.25) is 0 Å². The van der Waals surface area contributed by atoms with Gasteiger partial charge >= 0.3 is 12.4 Å². The van der Waals surface area contributed by atoms with Crippen LogP contribution in [-0.2, 0) is 16.9 Å². The summed E-state index contributed by atoms with van der Waals surface area (Å²) in [5.41, 5.74) is -2.95. The zero-order chi connectivity index (χ0) is 18.3. The van der Waals surface area contributed by atoms with Gasteiger partial charge in [0, 0.05) is 16.1 Å². The Hall–Kier alpha value is -0.970. The standard InChI is InChI=1S/C17H17F6OP/c18-16(19,20)11-7-12(17(21,22)23)9-13(8-11)25(24)14-5-4-10-3-1-2-6-15(10,14)25/h7-10,14H,1-6H2. The first-order valence-electron chi connectivity index (χ1n) is 8.41. The quantitative estimate of drug-likeness (QED) is 0.442. The third-order valence-electron chi connectivity index (χ3n) is 6.40. The van der Waals surface area contributed by atoms with Gasteiger partial charge in [-0.2, -0.15) is 26.3 Å². The van der Waals surface area contributed by atoms with Crippen LogP contribution in [-0.4, -0.2) is 10.8 Å². The Balaban J connectivity index is 1.85. The van der Waals surface area contributed by atoms with E-state index in [0.29, 0.717) is 25.0 Å². The number of rotatable bonds is 1. The van der Waals surface area contributed by atoms with Gasteiger partial charge in [-0.1, -0.05) is 12.8 Å². The van der Waals surface area contributed by atoms with E-state index in [1.807, 2.05) is 0 Å². The summed E-state index contributed by atoms with van der Waals surface area (Å²) in [6.07, 6.45) is -4.87. The van der Waals surface area contributed by atoms with Crippen LogP contribution in [0.5, 0.6) is 0 Å². The molecule has 138 valence electrons. The van der Waals surface area contributed by atoms with Crippen molar-refractivity contribution in [1.82, 2.24) is 0 Å². The van der Waals surface area contributed by atoms with Crippen LogP contribution >= 0.6 is 7.14 Å². The molecular weight excluding hydrogens is 365 g/mol. The molecule has 3 fully saturated rings. The summed E-state index contributed by atoms with van der Waals surface area (Å²) in [5, 5.41) is -0.746. The Bertz CT molecular complexity index is 735. The van der Waals surface area contributed by atoms with Crippen LogP contribution in [0.1, 0.15) is 49.7 Å². The van der Waals surface area contributed by atoms with Crippen molar-refractivity contribution in [3.63, 3.8) is 0 Å². The molecule has 1 saturated heterocycles. The maximum absolute atomic E-state index is 13.7. The molecule has 0 radical (unpaired) electrons. The van der Waals surface area contributed by atoms with Gasteiger partial charge in [0.05, 0.1) is 11.1 Å². The third-order valence-corrected chi connectivity index (χ3v) is 10.9. The van der Waals surface area contributed by atoms with Crippen LogP contribution in [0.2, 0.25) is 0 Å². The topological polar surface area (TPSA) is 17.1 Å². The first-order chi connectivity index (χ1) is 11.5. The monoisotopic (exact) mass is 382 g/mol.